The van der Waals surface area contributed by atoms with Crippen LogP contribution in [0.3, 0.4) is 0 Å². The lowest BCUT2D eigenvalue weighted by Gasteiger charge is -2.26. The second-order valence-electron chi connectivity index (χ2n) is 4.91. The minimum atomic E-state index is -0.324. The van der Waals surface area contributed by atoms with E-state index in [0.29, 0.717) is 11.4 Å². The summed E-state index contributed by atoms with van der Waals surface area (Å²) in [6.45, 7) is 1.89. The molecule has 0 aromatic heterocycles. The van der Waals surface area contributed by atoms with E-state index in [-0.39, 0.29) is 17.1 Å². The number of nitrogens with zero attached hydrogens (tertiary/aromatic N) is 1. The highest BCUT2D eigenvalue weighted by Crippen LogP contribution is 2.43. The Kier molecular flexibility index (Phi) is 4.04. The first-order valence-corrected chi connectivity index (χ1v) is 8.36. The van der Waals surface area contributed by atoms with Gasteiger partial charge < -0.3 is 0 Å². The predicted octanol–water partition coefficient (Wildman–Crippen LogP) is 4.68. The second-order valence-corrected chi connectivity index (χ2v) is 6.89. The van der Waals surface area contributed by atoms with Crippen LogP contribution in [0, 0.1) is 12.7 Å². The summed E-state index contributed by atoms with van der Waals surface area (Å²) in [4.78, 5) is 14.0. The number of anilines is 1. The van der Waals surface area contributed by atoms with Gasteiger partial charge in [-0.2, -0.15) is 0 Å². The maximum absolute atomic E-state index is 13.6. The third-order valence-corrected chi connectivity index (χ3v) is 5.19. The van der Waals surface area contributed by atoms with Gasteiger partial charge in [0, 0.05) is 4.47 Å². The van der Waals surface area contributed by atoms with E-state index in [0.717, 1.165) is 15.6 Å². The van der Waals surface area contributed by atoms with E-state index in [4.69, 9.17) is 0 Å². The third-order valence-electron chi connectivity index (χ3n) is 3.45. The Balaban J connectivity index is 2.03. The molecule has 0 bridgehead atoms. The van der Waals surface area contributed by atoms with Crippen LogP contribution in [0.15, 0.2) is 46.9 Å². The van der Waals surface area contributed by atoms with Crippen LogP contribution in [0.5, 0.6) is 0 Å². The number of aryl methyl sites for hydroxylation is 1. The van der Waals surface area contributed by atoms with Gasteiger partial charge in [0.1, 0.15) is 11.2 Å². The largest absolute Gasteiger partial charge is 0.295 e. The van der Waals surface area contributed by atoms with E-state index >= 15 is 0 Å². The van der Waals surface area contributed by atoms with Crippen molar-refractivity contribution in [2.45, 2.75) is 12.3 Å². The third kappa shape index (κ3) is 2.85. The standard InChI is InChI=1S/C16H13BrFNOS/c1-10-2-7-13(18)8-14(10)19-15(20)9-21-16(19)11-3-5-12(17)6-4-11/h2-8,16H,9H2,1H3. The molecule has 1 saturated heterocycles. The average Bonchev–Trinajstić information content (AvgIpc) is 2.84. The van der Waals surface area contributed by atoms with Crippen LogP contribution >= 0.6 is 27.7 Å². The maximum atomic E-state index is 13.6. The Morgan fingerprint density at radius 1 is 1.24 bits per heavy atom. The van der Waals surface area contributed by atoms with Gasteiger partial charge in [0.05, 0.1) is 11.4 Å². The number of halogens is 2. The molecule has 0 N–H and O–H groups in total. The van der Waals surface area contributed by atoms with Gasteiger partial charge >= 0.3 is 0 Å². The van der Waals surface area contributed by atoms with Gasteiger partial charge in [-0.1, -0.05) is 34.1 Å². The number of hydrogen-bond donors (Lipinski definition) is 0. The van der Waals surface area contributed by atoms with Gasteiger partial charge in [0.2, 0.25) is 5.91 Å². The molecule has 0 saturated carbocycles. The molecule has 2 aromatic rings. The number of carbonyl (C=O) groups is 1. The molecule has 0 aliphatic carbocycles. The molecule has 1 fully saturated rings. The smallest absolute Gasteiger partial charge is 0.238 e. The van der Waals surface area contributed by atoms with Crippen LogP contribution in [-0.2, 0) is 4.79 Å². The highest BCUT2D eigenvalue weighted by molar-refractivity contribution is 9.10. The zero-order valence-electron chi connectivity index (χ0n) is 11.3. The van der Waals surface area contributed by atoms with Crippen molar-refractivity contribution in [2.24, 2.45) is 0 Å². The summed E-state index contributed by atoms with van der Waals surface area (Å²) < 4.78 is 14.6. The molecular weight excluding hydrogens is 353 g/mol. The van der Waals surface area contributed by atoms with Crippen molar-refractivity contribution in [1.82, 2.24) is 0 Å². The highest BCUT2D eigenvalue weighted by Gasteiger charge is 2.34. The van der Waals surface area contributed by atoms with E-state index in [1.54, 1.807) is 22.7 Å². The van der Waals surface area contributed by atoms with Crippen molar-refractivity contribution < 1.29 is 9.18 Å². The van der Waals surface area contributed by atoms with E-state index in [1.165, 1.54) is 12.1 Å². The lowest BCUT2D eigenvalue weighted by Crippen LogP contribution is -2.28. The van der Waals surface area contributed by atoms with Crippen molar-refractivity contribution in [1.29, 1.82) is 0 Å². The summed E-state index contributed by atoms with van der Waals surface area (Å²) in [6, 6.07) is 12.4. The van der Waals surface area contributed by atoms with E-state index in [2.05, 4.69) is 15.9 Å². The quantitative estimate of drug-likeness (QED) is 0.770. The molecule has 2 nitrogen and oxygen atoms in total. The Morgan fingerprint density at radius 2 is 1.95 bits per heavy atom. The summed E-state index contributed by atoms with van der Waals surface area (Å²) in [5.41, 5.74) is 2.59. The Labute approximate surface area is 135 Å². The molecule has 1 amide bonds. The van der Waals surface area contributed by atoms with Gasteiger partial charge in [-0.25, -0.2) is 4.39 Å². The van der Waals surface area contributed by atoms with E-state index < -0.39 is 0 Å². The van der Waals surface area contributed by atoms with Crippen LogP contribution in [0.4, 0.5) is 10.1 Å². The maximum Gasteiger partial charge on any atom is 0.238 e. The molecule has 1 aliphatic rings. The molecule has 0 spiro atoms. The fraction of sp³-hybridized carbons (Fsp3) is 0.188. The van der Waals surface area contributed by atoms with Crippen molar-refractivity contribution in [2.75, 3.05) is 10.7 Å². The summed E-state index contributed by atoms with van der Waals surface area (Å²) in [7, 11) is 0. The molecule has 0 radical (unpaired) electrons. The van der Waals surface area contributed by atoms with Gasteiger partial charge in [0.15, 0.2) is 0 Å². The molecule has 5 heteroatoms. The molecule has 3 rings (SSSR count). The average molecular weight is 366 g/mol. The minimum absolute atomic E-state index is 0.0154. The van der Waals surface area contributed by atoms with E-state index in [9.17, 15) is 9.18 Å². The topological polar surface area (TPSA) is 20.3 Å². The highest BCUT2D eigenvalue weighted by atomic mass is 79.9. The molecule has 1 atom stereocenters. The van der Waals surface area contributed by atoms with Crippen molar-refractivity contribution in [3.63, 3.8) is 0 Å². The monoisotopic (exact) mass is 365 g/mol. The molecule has 2 aromatic carbocycles. The molecule has 108 valence electrons. The summed E-state index contributed by atoms with van der Waals surface area (Å²) in [6.07, 6.45) is 0. The first-order chi connectivity index (χ1) is 10.1. The molecule has 1 unspecified atom stereocenters. The molecular formula is C16H13BrFNOS. The molecule has 21 heavy (non-hydrogen) atoms. The summed E-state index contributed by atoms with van der Waals surface area (Å²) in [5, 5.41) is -0.105. The number of amides is 1. The number of carbonyl (C=O) groups excluding carboxylic acids is 1. The SMILES string of the molecule is Cc1ccc(F)cc1N1C(=O)CSC1c1ccc(Br)cc1. The molecule has 1 heterocycles. The molecule has 1 aliphatic heterocycles. The lowest BCUT2D eigenvalue weighted by molar-refractivity contribution is -0.115. The van der Waals surface area contributed by atoms with Gasteiger partial charge in [0.25, 0.3) is 0 Å². The lowest BCUT2D eigenvalue weighted by atomic mass is 10.1. The Hall–Kier alpha value is -1.33. The van der Waals surface area contributed by atoms with Crippen LogP contribution in [-0.4, -0.2) is 11.7 Å². The minimum Gasteiger partial charge on any atom is -0.295 e. The van der Waals surface area contributed by atoms with Gasteiger partial charge in [-0.05, 0) is 42.3 Å². The number of rotatable bonds is 2. The van der Waals surface area contributed by atoms with Crippen molar-refractivity contribution in [3.8, 4) is 0 Å². The Bertz CT molecular complexity index is 689. The van der Waals surface area contributed by atoms with Crippen LogP contribution < -0.4 is 4.90 Å². The normalized spacial score (nSPS) is 18.3. The predicted molar refractivity (Wildman–Crippen MR) is 88.0 cm³/mol. The zero-order chi connectivity index (χ0) is 15.0. The van der Waals surface area contributed by atoms with Crippen LogP contribution in [0.2, 0.25) is 0 Å². The summed E-state index contributed by atoms with van der Waals surface area (Å²) >= 11 is 4.98. The fourth-order valence-electron chi connectivity index (χ4n) is 2.40. The van der Waals surface area contributed by atoms with Crippen LogP contribution in [0.25, 0.3) is 0 Å². The fourth-order valence-corrected chi connectivity index (χ4v) is 3.83. The number of benzene rings is 2. The first-order valence-electron chi connectivity index (χ1n) is 6.51. The Morgan fingerprint density at radius 3 is 2.67 bits per heavy atom. The zero-order valence-corrected chi connectivity index (χ0v) is 13.7. The van der Waals surface area contributed by atoms with Gasteiger partial charge in [-0.3, -0.25) is 9.69 Å². The van der Waals surface area contributed by atoms with E-state index in [1.807, 2.05) is 31.2 Å². The van der Waals surface area contributed by atoms with Crippen molar-refractivity contribution >= 4 is 39.3 Å². The van der Waals surface area contributed by atoms with Gasteiger partial charge in [-0.15, -0.1) is 11.8 Å². The summed E-state index contributed by atoms with van der Waals surface area (Å²) in [5.74, 6) is 0.105. The number of hydrogen-bond acceptors (Lipinski definition) is 2. The first kappa shape index (κ1) is 14.6. The van der Waals surface area contributed by atoms with Crippen LogP contribution in [0.1, 0.15) is 16.5 Å². The van der Waals surface area contributed by atoms with Crippen molar-refractivity contribution in [3.05, 3.63) is 63.9 Å². The second kappa shape index (κ2) is 5.81. The number of thioether (sulfide) groups is 1.